The number of fused-ring (bicyclic) bond motifs is 1. The number of nitrogens with zero attached hydrogens (tertiary/aromatic N) is 3. The highest BCUT2D eigenvalue weighted by molar-refractivity contribution is 6.05. The molecule has 0 unspecified atom stereocenters. The summed E-state index contributed by atoms with van der Waals surface area (Å²) in [5, 5.41) is 8.91. The van der Waals surface area contributed by atoms with Crippen LogP contribution in [0.3, 0.4) is 0 Å². The van der Waals surface area contributed by atoms with Crippen molar-refractivity contribution in [1.29, 1.82) is 0 Å². The summed E-state index contributed by atoms with van der Waals surface area (Å²) >= 11 is 0. The van der Waals surface area contributed by atoms with Crippen LogP contribution in [0.1, 0.15) is 33.1 Å². The fraction of sp³-hybridized carbons (Fsp3) is 0.200. The number of aryl methyl sites for hydroxylation is 1. The predicted molar refractivity (Wildman–Crippen MR) is 75.4 cm³/mol. The number of carboxylic acid groups (broad SMARTS) is 1. The zero-order valence-electron chi connectivity index (χ0n) is 11.2. The largest absolute Gasteiger partial charge is 0.475 e. The number of aromatic carboxylic acids is 1. The molecule has 0 aliphatic carbocycles. The minimum Gasteiger partial charge on any atom is -0.475 e. The van der Waals surface area contributed by atoms with Gasteiger partial charge in [0.05, 0.1) is 0 Å². The van der Waals surface area contributed by atoms with Crippen molar-refractivity contribution in [2.45, 2.75) is 12.8 Å². The molecular formula is C15H13N3O3. The highest BCUT2D eigenvalue weighted by Gasteiger charge is 2.24. The van der Waals surface area contributed by atoms with Gasteiger partial charge in [0.2, 0.25) is 5.82 Å². The Kier molecular flexibility index (Phi) is 3.35. The van der Waals surface area contributed by atoms with Gasteiger partial charge in [-0.3, -0.25) is 4.79 Å². The fourth-order valence-corrected chi connectivity index (χ4v) is 2.46. The molecule has 0 bridgehead atoms. The summed E-state index contributed by atoms with van der Waals surface area (Å²) in [5.74, 6) is -1.91. The Morgan fingerprint density at radius 2 is 2.00 bits per heavy atom. The van der Waals surface area contributed by atoms with Gasteiger partial charge in [0.1, 0.15) is 5.69 Å². The Morgan fingerprint density at radius 1 is 1.19 bits per heavy atom. The monoisotopic (exact) mass is 283 g/mol. The first-order valence-corrected chi connectivity index (χ1v) is 6.63. The quantitative estimate of drug-likeness (QED) is 0.908. The van der Waals surface area contributed by atoms with Crippen LogP contribution in [0.4, 0.5) is 5.69 Å². The van der Waals surface area contributed by atoms with Crippen LogP contribution >= 0.6 is 0 Å². The van der Waals surface area contributed by atoms with Crippen molar-refractivity contribution in [2.75, 3.05) is 11.4 Å². The summed E-state index contributed by atoms with van der Waals surface area (Å²) in [7, 11) is 0. The number of amides is 1. The van der Waals surface area contributed by atoms with Gasteiger partial charge in [-0.05, 0) is 30.5 Å². The summed E-state index contributed by atoms with van der Waals surface area (Å²) in [5.41, 5.74) is 2.08. The molecule has 6 heteroatoms. The summed E-state index contributed by atoms with van der Waals surface area (Å²) in [4.78, 5) is 32.6. The van der Waals surface area contributed by atoms with E-state index in [1.165, 1.54) is 12.3 Å². The number of hydrogen-bond donors (Lipinski definition) is 1. The highest BCUT2D eigenvalue weighted by Crippen LogP contribution is 2.27. The molecule has 1 N–H and O–H groups in total. The molecule has 2 aromatic rings. The molecule has 1 aliphatic rings. The van der Waals surface area contributed by atoms with E-state index in [0.717, 1.165) is 24.1 Å². The van der Waals surface area contributed by atoms with Crippen LogP contribution in [0.25, 0.3) is 0 Å². The van der Waals surface area contributed by atoms with Gasteiger partial charge in [0.25, 0.3) is 5.91 Å². The SMILES string of the molecule is O=C(O)c1nccc(C(=O)N2CCCc3ccccc32)n1. The zero-order chi connectivity index (χ0) is 14.8. The van der Waals surface area contributed by atoms with E-state index in [1.54, 1.807) is 4.90 Å². The van der Waals surface area contributed by atoms with Crippen LogP contribution in [0.2, 0.25) is 0 Å². The molecule has 1 aromatic carbocycles. The number of rotatable bonds is 2. The van der Waals surface area contributed by atoms with E-state index in [9.17, 15) is 9.59 Å². The van der Waals surface area contributed by atoms with Crippen molar-refractivity contribution in [1.82, 2.24) is 9.97 Å². The number of hydrogen-bond acceptors (Lipinski definition) is 4. The molecule has 0 saturated carbocycles. The third-order valence-electron chi connectivity index (χ3n) is 3.42. The van der Waals surface area contributed by atoms with Gasteiger partial charge in [-0.25, -0.2) is 14.8 Å². The van der Waals surface area contributed by atoms with E-state index in [1.807, 2.05) is 24.3 Å². The number of aromatic nitrogens is 2. The molecule has 6 nitrogen and oxygen atoms in total. The second-order valence-electron chi connectivity index (χ2n) is 4.76. The minimum absolute atomic E-state index is 0.0964. The van der Waals surface area contributed by atoms with Crippen molar-refractivity contribution in [2.24, 2.45) is 0 Å². The number of carbonyl (C=O) groups is 2. The van der Waals surface area contributed by atoms with E-state index < -0.39 is 5.97 Å². The Balaban J connectivity index is 1.96. The zero-order valence-corrected chi connectivity index (χ0v) is 11.2. The Bertz CT molecular complexity index is 715. The molecule has 0 fully saturated rings. The molecule has 21 heavy (non-hydrogen) atoms. The van der Waals surface area contributed by atoms with Gasteiger partial charge in [0, 0.05) is 18.4 Å². The normalized spacial score (nSPS) is 13.6. The number of para-hydroxylation sites is 1. The van der Waals surface area contributed by atoms with E-state index in [4.69, 9.17) is 5.11 Å². The van der Waals surface area contributed by atoms with Crippen LogP contribution < -0.4 is 4.90 Å². The topological polar surface area (TPSA) is 83.4 Å². The van der Waals surface area contributed by atoms with Crippen LogP contribution in [-0.2, 0) is 6.42 Å². The van der Waals surface area contributed by atoms with E-state index in [-0.39, 0.29) is 17.4 Å². The molecule has 0 spiro atoms. The maximum absolute atomic E-state index is 12.6. The van der Waals surface area contributed by atoms with Gasteiger partial charge in [-0.15, -0.1) is 0 Å². The smallest absolute Gasteiger partial charge is 0.373 e. The second kappa shape index (κ2) is 5.32. The van der Waals surface area contributed by atoms with E-state index in [2.05, 4.69) is 9.97 Å². The molecule has 1 amide bonds. The lowest BCUT2D eigenvalue weighted by atomic mass is 10.0. The first-order valence-electron chi connectivity index (χ1n) is 6.63. The Labute approximate surface area is 121 Å². The average molecular weight is 283 g/mol. The van der Waals surface area contributed by atoms with Gasteiger partial charge in [0.15, 0.2) is 0 Å². The van der Waals surface area contributed by atoms with Crippen LogP contribution in [0, 0.1) is 0 Å². The van der Waals surface area contributed by atoms with Gasteiger partial charge < -0.3 is 10.0 Å². The molecule has 0 saturated heterocycles. The molecule has 3 rings (SSSR count). The first-order chi connectivity index (χ1) is 10.2. The summed E-state index contributed by atoms with van der Waals surface area (Å²) < 4.78 is 0. The Morgan fingerprint density at radius 3 is 2.81 bits per heavy atom. The highest BCUT2D eigenvalue weighted by atomic mass is 16.4. The van der Waals surface area contributed by atoms with Gasteiger partial charge in [-0.1, -0.05) is 18.2 Å². The third-order valence-corrected chi connectivity index (χ3v) is 3.42. The number of anilines is 1. The lowest BCUT2D eigenvalue weighted by Crippen LogP contribution is -2.36. The molecule has 106 valence electrons. The predicted octanol–water partition coefficient (Wildman–Crippen LogP) is 1.77. The Hall–Kier alpha value is -2.76. The summed E-state index contributed by atoms with van der Waals surface area (Å²) in [6.45, 7) is 0.599. The molecule has 0 radical (unpaired) electrons. The molecular weight excluding hydrogens is 270 g/mol. The van der Waals surface area contributed by atoms with Crippen molar-refractivity contribution in [3.8, 4) is 0 Å². The maximum atomic E-state index is 12.6. The fourth-order valence-electron chi connectivity index (χ4n) is 2.46. The van der Waals surface area contributed by atoms with E-state index in [0.29, 0.717) is 6.54 Å². The average Bonchev–Trinajstić information content (AvgIpc) is 2.53. The second-order valence-corrected chi connectivity index (χ2v) is 4.76. The van der Waals surface area contributed by atoms with Crippen molar-refractivity contribution in [3.05, 3.63) is 53.6 Å². The minimum atomic E-state index is -1.25. The summed E-state index contributed by atoms with van der Waals surface area (Å²) in [6.07, 6.45) is 3.10. The number of carbonyl (C=O) groups excluding carboxylic acids is 1. The third kappa shape index (κ3) is 2.47. The molecule has 1 aromatic heterocycles. The van der Waals surface area contributed by atoms with Crippen LogP contribution in [0.15, 0.2) is 36.5 Å². The lowest BCUT2D eigenvalue weighted by Gasteiger charge is -2.29. The molecule has 2 heterocycles. The van der Waals surface area contributed by atoms with Crippen LogP contribution in [0.5, 0.6) is 0 Å². The molecule has 0 atom stereocenters. The van der Waals surface area contributed by atoms with Crippen molar-refractivity contribution >= 4 is 17.6 Å². The first kappa shape index (κ1) is 13.2. The van der Waals surface area contributed by atoms with Gasteiger partial charge >= 0.3 is 5.97 Å². The summed E-state index contributed by atoms with van der Waals surface area (Å²) in [6, 6.07) is 9.15. The standard InChI is InChI=1S/C15H13N3O3/c19-14(11-7-8-16-13(17-11)15(20)21)18-9-3-5-10-4-1-2-6-12(10)18/h1-2,4,6-8H,3,5,9H2,(H,20,21). The van der Waals surface area contributed by atoms with Crippen molar-refractivity contribution < 1.29 is 14.7 Å². The van der Waals surface area contributed by atoms with Gasteiger partial charge in [-0.2, -0.15) is 0 Å². The maximum Gasteiger partial charge on any atom is 0.373 e. The van der Waals surface area contributed by atoms with Crippen LogP contribution in [-0.4, -0.2) is 33.5 Å². The number of benzene rings is 1. The number of carboxylic acids is 1. The van der Waals surface area contributed by atoms with Crippen molar-refractivity contribution in [3.63, 3.8) is 0 Å². The van der Waals surface area contributed by atoms with E-state index >= 15 is 0 Å². The molecule has 1 aliphatic heterocycles. The lowest BCUT2D eigenvalue weighted by molar-refractivity contribution is 0.0683.